The topological polar surface area (TPSA) is 29.5 Å². The molecule has 0 atom stereocenters. The molecule has 0 aromatic rings. The van der Waals surface area contributed by atoms with Crippen LogP contribution in [0.4, 0.5) is 0 Å². The highest BCUT2D eigenvalue weighted by atomic mass is 16.5. The molecule has 0 bridgehead atoms. The van der Waals surface area contributed by atoms with Crippen molar-refractivity contribution in [3.8, 4) is 0 Å². The lowest BCUT2D eigenvalue weighted by Gasteiger charge is -2.18. The minimum atomic E-state index is 0.225. The summed E-state index contributed by atoms with van der Waals surface area (Å²) in [5.74, 6) is 0.881. The standard InChI is InChI=1S/C11H23NO2/c1-10(2)7-8-12(3)11(13)6-5-9-14-4/h10H,5-9H2,1-4H3. The van der Waals surface area contributed by atoms with Crippen LogP contribution in [-0.2, 0) is 9.53 Å². The van der Waals surface area contributed by atoms with E-state index in [1.54, 1.807) is 7.11 Å². The lowest BCUT2D eigenvalue weighted by Crippen LogP contribution is -2.28. The number of methoxy groups -OCH3 is 1. The second-order valence-electron chi connectivity index (χ2n) is 4.09. The molecule has 0 saturated heterocycles. The average Bonchev–Trinajstić information content (AvgIpc) is 2.14. The van der Waals surface area contributed by atoms with Gasteiger partial charge in [0, 0.05) is 33.7 Å². The van der Waals surface area contributed by atoms with E-state index in [1.807, 2.05) is 11.9 Å². The molecule has 3 heteroatoms. The zero-order chi connectivity index (χ0) is 11.0. The Labute approximate surface area is 87.4 Å². The fraction of sp³-hybridized carbons (Fsp3) is 0.909. The number of rotatable bonds is 7. The van der Waals surface area contributed by atoms with Gasteiger partial charge < -0.3 is 9.64 Å². The molecule has 1 amide bonds. The van der Waals surface area contributed by atoms with Crippen LogP contribution in [0, 0.1) is 5.92 Å². The zero-order valence-electron chi connectivity index (χ0n) is 9.88. The van der Waals surface area contributed by atoms with E-state index >= 15 is 0 Å². The molecular formula is C11H23NO2. The number of hydrogen-bond donors (Lipinski definition) is 0. The van der Waals surface area contributed by atoms with E-state index in [-0.39, 0.29) is 5.91 Å². The monoisotopic (exact) mass is 201 g/mol. The Bertz CT molecular complexity index is 157. The summed E-state index contributed by atoms with van der Waals surface area (Å²) >= 11 is 0. The Morgan fingerprint density at radius 1 is 1.43 bits per heavy atom. The van der Waals surface area contributed by atoms with Crippen molar-refractivity contribution in [3.63, 3.8) is 0 Å². The second kappa shape index (κ2) is 7.80. The van der Waals surface area contributed by atoms with Gasteiger partial charge >= 0.3 is 0 Å². The van der Waals surface area contributed by atoms with E-state index in [4.69, 9.17) is 4.74 Å². The zero-order valence-corrected chi connectivity index (χ0v) is 9.88. The van der Waals surface area contributed by atoms with Crippen molar-refractivity contribution in [2.24, 2.45) is 5.92 Å². The maximum absolute atomic E-state index is 11.5. The molecule has 84 valence electrons. The third kappa shape index (κ3) is 6.89. The van der Waals surface area contributed by atoms with E-state index < -0.39 is 0 Å². The Kier molecular flexibility index (Phi) is 7.48. The molecule has 0 aliphatic heterocycles. The van der Waals surface area contributed by atoms with Crippen LogP contribution in [0.25, 0.3) is 0 Å². The van der Waals surface area contributed by atoms with E-state index in [1.165, 1.54) is 0 Å². The lowest BCUT2D eigenvalue weighted by molar-refractivity contribution is -0.130. The fourth-order valence-corrected chi connectivity index (χ4v) is 1.14. The maximum atomic E-state index is 11.5. The summed E-state index contributed by atoms with van der Waals surface area (Å²) in [5.41, 5.74) is 0. The normalized spacial score (nSPS) is 10.6. The molecular weight excluding hydrogens is 178 g/mol. The SMILES string of the molecule is COCCCC(=O)N(C)CCC(C)C. The van der Waals surface area contributed by atoms with Gasteiger partial charge in [0.25, 0.3) is 0 Å². The van der Waals surface area contributed by atoms with Crippen molar-refractivity contribution in [1.29, 1.82) is 0 Å². The van der Waals surface area contributed by atoms with E-state index in [9.17, 15) is 4.79 Å². The van der Waals surface area contributed by atoms with Gasteiger partial charge in [-0.25, -0.2) is 0 Å². The average molecular weight is 201 g/mol. The molecule has 0 N–H and O–H groups in total. The van der Waals surface area contributed by atoms with E-state index in [0.717, 1.165) is 19.4 Å². The van der Waals surface area contributed by atoms with Crippen LogP contribution in [-0.4, -0.2) is 38.1 Å². The van der Waals surface area contributed by atoms with Crippen molar-refractivity contribution in [2.45, 2.75) is 33.1 Å². The van der Waals surface area contributed by atoms with E-state index in [2.05, 4.69) is 13.8 Å². The van der Waals surface area contributed by atoms with Gasteiger partial charge in [-0.15, -0.1) is 0 Å². The van der Waals surface area contributed by atoms with Crippen LogP contribution in [0.1, 0.15) is 33.1 Å². The minimum Gasteiger partial charge on any atom is -0.385 e. The van der Waals surface area contributed by atoms with Crippen LogP contribution < -0.4 is 0 Å². The molecule has 3 nitrogen and oxygen atoms in total. The third-order valence-corrected chi connectivity index (χ3v) is 2.21. The highest BCUT2D eigenvalue weighted by molar-refractivity contribution is 5.75. The summed E-state index contributed by atoms with van der Waals surface area (Å²) in [6, 6.07) is 0. The Morgan fingerprint density at radius 2 is 2.07 bits per heavy atom. The summed E-state index contributed by atoms with van der Waals surface area (Å²) in [4.78, 5) is 13.3. The van der Waals surface area contributed by atoms with Crippen LogP contribution in [0.2, 0.25) is 0 Å². The second-order valence-corrected chi connectivity index (χ2v) is 4.09. The summed E-state index contributed by atoms with van der Waals surface area (Å²) in [6.07, 6.45) is 2.50. The molecule has 0 aromatic carbocycles. The summed E-state index contributed by atoms with van der Waals surface area (Å²) in [7, 11) is 3.53. The summed E-state index contributed by atoms with van der Waals surface area (Å²) in [6.45, 7) is 5.87. The van der Waals surface area contributed by atoms with Gasteiger partial charge in [-0.05, 0) is 18.8 Å². The van der Waals surface area contributed by atoms with Crippen molar-refractivity contribution < 1.29 is 9.53 Å². The molecule has 0 aromatic heterocycles. The highest BCUT2D eigenvalue weighted by Crippen LogP contribution is 2.02. The Hall–Kier alpha value is -0.570. The Morgan fingerprint density at radius 3 is 2.57 bits per heavy atom. The number of amides is 1. The van der Waals surface area contributed by atoms with Crippen LogP contribution in [0.3, 0.4) is 0 Å². The Balaban J connectivity index is 3.54. The first-order chi connectivity index (χ1) is 6.57. The fourth-order valence-electron chi connectivity index (χ4n) is 1.14. The number of carbonyl (C=O) groups is 1. The van der Waals surface area contributed by atoms with Gasteiger partial charge in [-0.3, -0.25) is 4.79 Å². The first kappa shape index (κ1) is 13.4. The number of hydrogen-bond acceptors (Lipinski definition) is 2. The van der Waals surface area contributed by atoms with Crippen LogP contribution in [0.15, 0.2) is 0 Å². The van der Waals surface area contributed by atoms with Crippen molar-refractivity contribution in [2.75, 3.05) is 27.3 Å². The molecule has 0 spiro atoms. The molecule has 0 fully saturated rings. The molecule has 0 heterocycles. The van der Waals surface area contributed by atoms with E-state index in [0.29, 0.717) is 18.9 Å². The summed E-state index contributed by atoms with van der Waals surface area (Å²) in [5, 5.41) is 0. The lowest BCUT2D eigenvalue weighted by atomic mass is 10.1. The predicted octanol–water partition coefficient (Wildman–Crippen LogP) is 1.92. The molecule has 0 saturated carbocycles. The highest BCUT2D eigenvalue weighted by Gasteiger charge is 2.08. The van der Waals surface area contributed by atoms with Crippen LogP contribution in [0.5, 0.6) is 0 Å². The van der Waals surface area contributed by atoms with Crippen LogP contribution >= 0.6 is 0 Å². The third-order valence-electron chi connectivity index (χ3n) is 2.21. The van der Waals surface area contributed by atoms with Crippen molar-refractivity contribution in [1.82, 2.24) is 4.90 Å². The smallest absolute Gasteiger partial charge is 0.222 e. The molecule has 14 heavy (non-hydrogen) atoms. The quantitative estimate of drug-likeness (QED) is 0.589. The maximum Gasteiger partial charge on any atom is 0.222 e. The largest absolute Gasteiger partial charge is 0.385 e. The number of carbonyl (C=O) groups excluding carboxylic acids is 1. The molecule has 0 rings (SSSR count). The van der Waals surface area contributed by atoms with Gasteiger partial charge in [-0.1, -0.05) is 13.8 Å². The first-order valence-electron chi connectivity index (χ1n) is 5.30. The minimum absolute atomic E-state index is 0.225. The summed E-state index contributed by atoms with van der Waals surface area (Å²) < 4.78 is 4.90. The van der Waals surface area contributed by atoms with Crippen molar-refractivity contribution in [3.05, 3.63) is 0 Å². The van der Waals surface area contributed by atoms with Gasteiger partial charge in [-0.2, -0.15) is 0 Å². The number of ether oxygens (including phenoxy) is 1. The van der Waals surface area contributed by atoms with Crippen molar-refractivity contribution >= 4 is 5.91 Å². The molecule has 0 aliphatic rings. The van der Waals surface area contributed by atoms with Gasteiger partial charge in [0.15, 0.2) is 0 Å². The first-order valence-corrected chi connectivity index (χ1v) is 5.30. The molecule has 0 aliphatic carbocycles. The van der Waals surface area contributed by atoms with Gasteiger partial charge in [0.2, 0.25) is 5.91 Å². The predicted molar refractivity (Wildman–Crippen MR) is 58.2 cm³/mol. The molecule has 0 radical (unpaired) electrons. The molecule has 0 unspecified atom stereocenters. The number of nitrogens with zero attached hydrogens (tertiary/aromatic N) is 1. The van der Waals surface area contributed by atoms with Gasteiger partial charge in [0.05, 0.1) is 0 Å². The van der Waals surface area contributed by atoms with Gasteiger partial charge in [0.1, 0.15) is 0 Å².